The molecule has 23 nitrogen and oxygen atoms in total. The predicted octanol–water partition coefficient (Wildman–Crippen LogP) is 2.44. The number of ether oxygens (including phenoxy) is 6. The summed E-state index contributed by atoms with van der Waals surface area (Å²) in [4.78, 5) is 99.0. The summed E-state index contributed by atoms with van der Waals surface area (Å²) in [6.07, 6.45) is -4.74. The number of aliphatic hydroxyl groups is 3. The fraction of sp³-hybridized carbons (Fsp3) is 0.625. The number of aliphatic carboxylic acids is 2. The third-order valence-corrected chi connectivity index (χ3v) is 14.8. The van der Waals surface area contributed by atoms with E-state index in [-0.39, 0.29) is 48.3 Å². The highest BCUT2D eigenvalue weighted by atomic mass is 16.7. The molecule has 2 heterocycles. The SMILES string of the molecule is C#CCOc1cc(O[C@@H]2OC(C(=O)O)[C@@H](O)[C@H](O)[C@H]2O)ccc1COC(=O)N(C)[C@H](C(=O)N[C@H](C(=O)N(C)[C@@H](C(C)CC)[C@@H](CC(=O)N1CCC[C@H]1[C@H](OC)C(C)C(=O)NC(Cc1ccccc1)C(=O)O)OC)C(C)C)C(C)C. The molecule has 0 spiro atoms. The van der Waals surface area contributed by atoms with Crippen LogP contribution in [0.2, 0.25) is 0 Å². The average Bonchev–Trinajstić information content (AvgIpc) is 3.93. The van der Waals surface area contributed by atoms with Gasteiger partial charge in [0, 0.05) is 52.9 Å². The van der Waals surface area contributed by atoms with Crippen molar-refractivity contribution in [3.8, 4) is 23.8 Å². The van der Waals surface area contributed by atoms with E-state index in [0.717, 1.165) is 10.5 Å². The number of benzene rings is 2. The van der Waals surface area contributed by atoms with Gasteiger partial charge in [-0.3, -0.25) is 24.1 Å². The van der Waals surface area contributed by atoms with Crippen LogP contribution >= 0.6 is 0 Å². The Kier molecular flexibility index (Phi) is 24.8. The first-order valence-electron chi connectivity index (χ1n) is 26.5. The smallest absolute Gasteiger partial charge is 0.410 e. The number of methoxy groups -OCH3 is 2. The van der Waals surface area contributed by atoms with Gasteiger partial charge < -0.3 is 74.4 Å². The molecule has 5 amide bonds. The molecule has 2 fully saturated rings. The number of carbonyl (C=O) groups excluding carboxylic acids is 5. The molecule has 0 radical (unpaired) electrons. The molecular weight excluding hydrogens is 1030 g/mol. The van der Waals surface area contributed by atoms with Crippen LogP contribution in [-0.2, 0) is 60.7 Å². The van der Waals surface area contributed by atoms with Gasteiger partial charge in [-0.15, -0.1) is 6.42 Å². The number of aliphatic hydroxyl groups excluding tert-OH is 3. The number of nitrogens with one attached hydrogen (secondary N) is 2. The van der Waals surface area contributed by atoms with E-state index in [2.05, 4.69) is 16.6 Å². The average molecular weight is 1110 g/mol. The monoisotopic (exact) mass is 1110 g/mol. The van der Waals surface area contributed by atoms with E-state index in [0.29, 0.717) is 25.8 Å². The number of carboxylic acids is 2. The highest BCUT2D eigenvalue weighted by molar-refractivity contribution is 5.92. The highest BCUT2D eigenvalue weighted by Crippen LogP contribution is 2.32. The standard InChI is InChI=1S/C56H81N5O18/c1-13-25-76-39-27-36(78-55-47(65)45(63)46(64)49(79-55)54(71)72)23-22-35(39)29-77-56(73)60(10)43(31(5)6)51(67)58-42(30(3)4)52(68)59(9)44(32(7)14-2)40(74-11)28-41(62)61-24-18-21-38(61)48(75-12)33(8)50(66)57-37(53(69)70)26-34-19-16-15-17-20-34/h1,15-17,19-20,22-23,27,30-33,37-38,40,42-49,55,63-65H,14,18,21,24-26,28-29H2,2-12H3,(H,57,66)(H,58,67)(H,69,70)(H,71,72)/t32?,33?,37?,38-,40+,42-,43-,44-,45-,46-,47+,48+,49?,55+/m0/s1. The Hall–Kier alpha value is -6.55. The summed E-state index contributed by atoms with van der Waals surface area (Å²) in [5.41, 5.74) is 1.02. The zero-order valence-corrected chi connectivity index (χ0v) is 47.0. The molecule has 14 atom stereocenters. The van der Waals surface area contributed by atoms with Crippen LogP contribution in [0.25, 0.3) is 0 Å². The molecular formula is C56H81N5O18. The Labute approximate surface area is 462 Å². The Morgan fingerprint density at radius 2 is 1.53 bits per heavy atom. The van der Waals surface area contributed by atoms with Gasteiger partial charge in [-0.25, -0.2) is 14.4 Å². The number of hydrogen-bond acceptors (Lipinski definition) is 16. The van der Waals surface area contributed by atoms with Crippen LogP contribution in [0.3, 0.4) is 0 Å². The van der Waals surface area contributed by atoms with E-state index in [1.165, 1.54) is 44.4 Å². The predicted molar refractivity (Wildman–Crippen MR) is 285 cm³/mol. The molecule has 23 heteroatoms. The largest absolute Gasteiger partial charge is 0.480 e. The summed E-state index contributed by atoms with van der Waals surface area (Å²) in [7, 11) is 5.88. The van der Waals surface area contributed by atoms with Gasteiger partial charge in [0.25, 0.3) is 0 Å². The van der Waals surface area contributed by atoms with Gasteiger partial charge in [0.2, 0.25) is 29.9 Å². The Morgan fingerprint density at radius 1 is 0.861 bits per heavy atom. The van der Waals surface area contributed by atoms with E-state index in [1.807, 2.05) is 19.9 Å². The van der Waals surface area contributed by atoms with Crippen LogP contribution in [0.1, 0.15) is 85.3 Å². The topological polar surface area (TPSA) is 310 Å². The second-order valence-corrected chi connectivity index (χ2v) is 20.9. The number of likely N-dealkylation sites (N-methyl/N-ethyl adjacent to an activating group) is 2. The van der Waals surface area contributed by atoms with Crippen LogP contribution < -0.4 is 20.1 Å². The van der Waals surface area contributed by atoms with Crippen LogP contribution in [0.5, 0.6) is 11.5 Å². The lowest BCUT2D eigenvalue weighted by atomic mass is 9.89. The third-order valence-electron chi connectivity index (χ3n) is 14.8. The molecule has 4 unspecified atom stereocenters. The summed E-state index contributed by atoms with van der Waals surface area (Å²) < 4.78 is 34.1. The van der Waals surface area contributed by atoms with E-state index >= 15 is 0 Å². The molecule has 438 valence electrons. The maximum atomic E-state index is 14.7. The maximum absolute atomic E-state index is 14.7. The lowest BCUT2D eigenvalue weighted by Crippen LogP contribution is -2.61. The zero-order valence-electron chi connectivity index (χ0n) is 47.0. The minimum absolute atomic E-state index is 0.0365. The molecule has 79 heavy (non-hydrogen) atoms. The number of nitrogens with zero attached hydrogens (tertiary/aromatic N) is 3. The Bertz CT molecular complexity index is 2420. The number of carboxylic acid groups (broad SMARTS) is 2. The minimum atomic E-state index is -1.94. The molecule has 2 aliphatic rings. The van der Waals surface area contributed by atoms with Gasteiger partial charge in [0.1, 0.15) is 61.2 Å². The molecule has 0 saturated carbocycles. The molecule has 0 aromatic heterocycles. The van der Waals surface area contributed by atoms with Crippen molar-refractivity contribution in [1.29, 1.82) is 0 Å². The molecule has 0 aliphatic carbocycles. The molecule has 2 aromatic carbocycles. The highest BCUT2D eigenvalue weighted by Gasteiger charge is 2.49. The first-order valence-corrected chi connectivity index (χ1v) is 26.5. The number of hydrogen-bond donors (Lipinski definition) is 7. The molecule has 2 saturated heterocycles. The van der Waals surface area contributed by atoms with Crippen molar-refractivity contribution >= 4 is 41.7 Å². The van der Waals surface area contributed by atoms with Gasteiger partial charge in [0.05, 0.1) is 36.6 Å². The van der Waals surface area contributed by atoms with Gasteiger partial charge in [0.15, 0.2) is 6.10 Å². The van der Waals surface area contributed by atoms with Crippen molar-refractivity contribution in [2.24, 2.45) is 23.7 Å². The van der Waals surface area contributed by atoms with E-state index in [1.54, 1.807) is 70.8 Å². The molecule has 2 aliphatic heterocycles. The minimum Gasteiger partial charge on any atom is -0.480 e. The normalized spacial score (nSPS) is 22.2. The first kappa shape index (κ1) is 65.0. The summed E-state index contributed by atoms with van der Waals surface area (Å²) >= 11 is 0. The van der Waals surface area contributed by atoms with E-state index in [9.17, 15) is 59.1 Å². The molecule has 2 aromatic rings. The van der Waals surface area contributed by atoms with Crippen molar-refractivity contribution in [2.75, 3.05) is 41.5 Å². The second kappa shape index (κ2) is 30.2. The maximum Gasteiger partial charge on any atom is 0.410 e. The van der Waals surface area contributed by atoms with Gasteiger partial charge in [-0.05, 0) is 48.3 Å². The Balaban J connectivity index is 1.46. The second-order valence-electron chi connectivity index (χ2n) is 20.9. The van der Waals surface area contributed by atoms with Gasteiger partial charge in [-0.2, -0.15) is 0 Å². The fourth-order valence-electron chi connectivity index (χ4n) is 10.2. The number of amides is 5. The summed E-state index contributed by atoms with van der Waals surface area (Å²) in [5, 5.41) is 55.7. The van der Waals surface area contributed by atoms with E-state index < -0.39 is 133 Å². The third kappa shape index (κ3) is 16.7. The van der Waals surface area contributed by atoms with Crippen molar-refractivity contribution in [3.63, 3.8) is 0 Å². The van der Waals surface area contributed by atoms with Crippen LogP contribution in [0.15, 0.2) is 48.5 Å². The summed E-state index contributed by atoms with van der Waals surface area (Å²) in [5.74, 6) is -4.38. The number of rotatable bonds is 28. The van der Waals surface area contributed by atoms with Crippen molar-refractivity contribution < 1.29 is 87.5 Å². The summed E-state index contributed by atoms with van der Waals surface area (Å²) in [6, 6.07) is 8.41. The Morgan fingerprint density at radius 3 is 2.10 bits per heavy atom. The molecule has 0 bridgehead atoms. The quantitative estimate of drug-likeness (QED) is 0.0602. The lowest BCUT2D eigenvalue weighted by molar-refractivity contribution is -0.271. The van der Waals surface area contributed by atoms with Crippen LogP contribution in [-0.4, -0.2) is 196 Å². The van der Waals surface area contributed by atoms with Crippen LogP contribution in [0.4, 0.5) is 4.79 Å². The van der Waals surface area contributed by atoms with E-state index in [4.69, 9.17) is 34.8 Å². The summed E-state index contributed by atoms with van der Waals surface area (Å²) in [6.45, 7) is 12.2. The first-order chi connectivity index (χ1) is 37.3. The number of likely N-dealkylation sites (tertiary alicyclic amines) is 1. The van der Waals surface area contributed by atoms with Gasteiger partial charge >= 0.3 is 18.0 Å². The zero-order chi connectivity index (χ0) is 59.0. The molecule has 7 N–H and O–H groups in total. The fourth-order valence-corrected chi connectivity index (χ4v) is 10.2. The number of terminal acetylenes is 1. The number of carbonyl (C=O) groups is 7. The van der Waals surface area contributed by atoms with Crippen molar-refractivity contribution in [2.45, 2.75) is 160 Å². The van der Waals surface area contributed by atoms with Gasteiger partial charge in [-0.1, -0.05) is 91.1 Å². The molecule has 4 rings (SSSR count). The van der Waals surface area contributed by atoms with Crippen molar-refractivity contribution in [1.82, 2.24) is 25.3 Å². The lowest BCUT2D eigenvalue weighted by Gasteiger charge is -2.41. The van der Waals surface area contributed by atoms with Crippen LogP contribution in [0, 0.1) is 36.0 Å². The van der Waals surface area contributed by atoms with Crippen molar-refractivity contribution in [3.05, 3.63) is 59.7 Å².